The van der Waals surface area contributed by atoms with Crippen LogP contribution < -0.4 is 15.4 Å². The topological polar surface area (TPSA) is 143 Å². The van der Waals surface area contributed by atoms with Crippen LogP contribution in [-0.2, 0) is 9.53 Å². The molecule has 172 valence electrons. The SMILES string of the molecule is CC(C)NC(=O)O[C@@H]1CC[C@H](c2cc(NC(=O)COc3cc(F)cc(O)c3C=O)n[nH]2)C1. The average molecular weight is 448 g/mol. The Balaban J connectivity index is 1.51. The predicted octanol–water partition coefficient (Wildman–Crippen LogP) is 2.86. The van der Waals surface area contributed by atoms with E-state index in [0.717, 1.165) is 30.7 Å². The number of aromatic nitrogens is 2. The van der Waals surface area contributed by atoms with Crippen LogP contribution in [-0.4, -0.2) is 52.3 Å². The molecule has 11 heteroatoms. The van der Waals surface area contributed by atoms with Crippen molar-refractivity contribution in [3.63, 3.8) is 0 Å². The minimum Gasteiger partial charge on any atom is -0.507 e. The first-order chi connectivity index (χ1) is 15.2. The molecular formula is C21H25FN4O6. The van der Waals surface area contributed by atoms with Gasteiger partial charge in [-0.25, -0.2) is 9.18 Å². The van der Waals surface area contributed by atoms with Gasteiger partial charge >= 0.3 is 6.09 Å². The molecule has 4 N–H and O–H groups in total. The summed E-state index contributed by atoms with van der Waals surface area (Å²) in [5.41, 5.74) is 0.552. The first-order valence-electron chi connectivity index (χ1n) is 10.2. The van der Waals surface area contributed by atoms with Crippen LogP contribution in [0, 0.1) is 5.82 Å². The Bertz CT molecular complexity index is 993. The highest BCUT2D eigenvalue weighted by Crippen LogP contribution is 2.36. The number of carbonyl (C=O) groups is 3. The highest BCUT2D eigenvalue weighted by molar-refractivity contribution is 5.91. The Labute approximate surface area is 183 Å². The maximum atomic E-state index is 13.4. The van der Waals surface area contributed by atoms with Gasteiger partial charge in [0.25, 0.3) is 5.91 Å². The van der Waals surface area contributed by atoms with E-state index in [9.17, 15) is 23.9 Å². The fourth-order valence-electron chi connectivity index (χ4n) is 3.50. The van der Waals surface area contributed by atoms with Gasteiger partial charge in [-0.2, -0.15) is 5.10 Å². The zero-order valence-corrected chi connectivity index (χ0v) is 17.7. The van der Waals surface area contributed by atoms with E-state index in [1.54, 1.807) is 6.07 Å². The number of aromatic amines is 1. The number of hydrogen-bond acceptors (Lipinski definition) is 7. The number of H-pyrrole nitrogens is 1. The average Bonchev–Trinajstić information content (AvgIpc) is 3.34. The van der Waals surface area contributed by atoms with Crippen molar-refractivity contribution in [3.05, 3.63) is 35.3 Å². The third-order valence-corrected chi connectivity index (χ3v) is 4.93. The van der Waals surface area contributed by atoms with Gasteiger partial charge in [-0.3, -0.25) is 14.7 Å². The number of rotatable bonds is 8. The van der Waals surface area contributed by atoms with Crippen LogP contribution >= 0.6 is 0 Å². The van der Waals surface area contributed by atoms with Crippen LogP contribution in [0.4, 0.5) is 15.0 Å². The van der Waals surface area contributed by atoms with Crippen molar-refractivity contribution in [2.75, 3.05) is 11.9 Å². The summed E-state index contributed by atoms with van der Waals surface area (Å²) in [7, 11) is 0. The van der Waals surface area contributed by atoms with Crippen molar-refractivity contribution in [2.45, 2.75) is 51.2 Å². The molecule has 1 saturated carbocycles. The number of benzene rings is 1. The lowest BCUT2D eigenvalue weighted by atomic mass is 10.0. The molecule has 0 bridgehead atoms. The van der Waals surface area contributed by atoms with E-state index in [0.29, 0.717) is 12.7 Å². The number of carbonyl (C=O) groups excluding carboxylic acids is 3. The summed E-state index contributed by atoms with van der Waals surface area (Å²) in [4.78, 5) is 34.9. The quantitative estimate of drug-likeness (QED) is 0.455. The summed E-state index contributed by atoms with van der Waals surface area (Å²) < 4.78 is 24.0. The molecule has 1 aromatic heterocycles. The van der Waals surface area contributed by atoms with Crippen LogP contribution in [0.5, 0.6) is 11.5 Å². The van der Waals surface area contributed by atoms with Crippen molar-refractivity contribution in [1.29, 1.82) is 0 Å². The number of halogens is 1. The Hall–Kier alpha value is -3.63. The molecule has 10 nitrogen and oxygen atoms in total. The van der Waals surface area contributed by atoms with Gasteiger partial charge in [0.1, 0.15) is 23.4 Å². The van der Waals surface area contributed by atoms with Crippen molar-refractivity contribution in [3.8, 4) is 11.5 Å². The maximum Gasteiger partial charge on any atom is 0.407 e. The predicted molar refractivity (Wildman–Crippen MR) is 111 cm³/mol. The largest absolute Gasteiger partial charge is 0.507 e. The van der Waals surface area contributed by atoms with E-state index >= 15 is 0 Å². The Morgan fingerprint density at radius 2 is 2.12 bits per heavy atom. The van der Waals surface area contributed by atoms with Crippen LogP contribution in [0.3, 0.4) is 0 Å². The smallest absolute Gasteiger partial charge is 0.407 e. The van der Waals surface area contributed by atoms with Gasteiger partial charge in [-0.05, 0) is 33.1 Å². The number of alkyl carbamates (subject to hydrolysis) is 1. The van der Waals surface area contributed by atoms with Gasteiger partial charge in [0.05, 0.1) is 5.56 Å². The zero-order valence-electron chi connectivity index (χ0n) is 17.7. The standard InChI is InChI=1S/C21H25FN4O6/c1-11(2)23-21(30)32-14-4-3-12(5-14)16-8-19(26-25-16)24-20(29)10-31-18-7-13(22)6-17(28)15(18)9-27/h6-9,11-12,14,28H,3-5,10H2,1-2H3,(H,23,30)(H2,24,25,26,29)/t12-,14+/m0/s1. The highest BCUT2D eigenvalue weighted by Gasteiger charge is 2.30. The lowest BCUT2D eigenvalue weighted by Crippen LogP contribution is -2.33. The van der Waals surface area contributed by atoms with E-state index in [1.807, 2.05) is 13.8 Å². The molecule has 1 aliphatic rings. The lowest BCUT2D eigenvalue weighted by molar-refractivity contribution is -0.118. The molecule has 3 rings (SSSR count). The molecule has 32 heavy (non-hydrogen) atoms. The summed E-state index contributed by atoms with van der Waals surface area (Å²) in [6.45, 7) is 3.19. The number of ether oxygens (including phenoxy) is 2. The van der Waals surface area contributed by atoms with E-state index in [1.165, 1.54) is 0 Å². The van der Waals surface area contributed by atoms with Crippen molar-refractivity contribution in [1.82, 2.24) is 15.5 Å². The fourth-order valence-corrected chi connectivity index (χ4v) is 3.50. The number of nitrogens with one attached hydrogen (secondary N) is 3. The van der Waals surface area contributed by atoms with Crippen LogP contribution in [0.1, 0.15) is 55.1 Å². The van der Waals surface area contributed by atoms with Gasteiger partial charge in [-0.1, -0.05) is 0 Å². The molecule has 1 aliphatic carbocycles. The van der Waals surface area contributed by atoms with Crippen LogP contribution in [0.25, 0.3) is 0 Å². The number of nitrogens with zero attached hydrogens (tertiary/aromatic N) is 1. The highest BCUT2D eigenvalue weighted by atomic mass is 19.1. The Morgan fingerprint density at radius 3 is 2.84 bits per heavy atom. The summed E-state index contributed by atoms with van der Waals surface area (Å²) in [6.07, 6.45) is 1.85. The number of amides is 2. The van der Waals surface area contributed by atoms with Gasteiger partial charge in [0.2, 0.25) is 0 Å². The zero-order chi connectivity index (χ0) is 23.3. The summed E-state index contributed by atoms with van der Waals surface area (Å²) >= 11 is 0. The molecule has 2 atom stereocenters. The second kappa shape index (κ2) is 10.1. The molecule has 0 spiro atoms. The molecule has 0 unspecified atom stereocenters. The molecular weight excluding hydrogens is 423 g/mol. The summed E-state index contributed by atoms with van der Waals surface area (Å²) in [5.74, 6) is -1.83. The molecule has 1 heterocycles. The number of phenols is 1. The minimum absolute atomic E-state index is 0.000846. The Morgan fingerprint density at radius 1 is 1.34 bits per heavy atom. The Kier molecular flexibility index (Phi) is 7.29. The molecule has 2 aromatic rings. The molecule has 1 aromatic carbocycles. The first-order valence-corrected chi connectivity index (χ1v) is 10.2. The van der Waals surface area contributed by atoms with Crippen LogP contribution in [0.15, 0.2) is 18.2 Å². The molecule has 2 amide bonds. The van der Waals surface area contributed by atoms with Crippen molar-refractivity contribution >= 4 is 24.1 Å². The monoisotopic (exact) mass is 448 g/mol. The summed E-state index contributed by atoms with van der Waals surface area (Å²) in [6, 6.07) is 3.36. The molecule has 0 radical (unpaired) electrons. The van der Waals surface area contributed by atoms with E-state index in [2.05, 4.69) is 20.8 Å². The van der Waals surface area contributed by atoms with E-state index < -0.39 is 30.2 Å². The molecule has 1 fully saturated rings. The van der Waals surface area contributed by atoms with E-state index in [4.69, 9.17) is 9.47 Å². The van der Waals surface area contributed by atoms with Crippen molar-refractivity contribution in [2.24, 2.45) is 0 Å². The maximum absolute atomic E-state index is 13.4. The first kappa shape index (κ1) is 23.0. The number of anilines is 1. The van der Waals surface area contributed by atoms with Gasteiger partial charge in [-0.15, -0.1) is 0 Å². The van der Waals surface area contributed by atoms with Gasteiger partial charge in [0.15, 0.2) is 18.7 Å². The molecule has 0 saturated heterocycles. The van der Waals surface area contributed by atoms with Gasteiger partial charge in [0, 0.05) is 35.9 Å². The van der Waals surface area contributed by atoms with Crippen molar-refractivity contribution < 1.29 is 33.4 Å². The summed E-state index contributed by atoms with van der Waals surface area (Å²) in [5, 5.41) is 21.8. The fraction of sp³-hybridized carbons (Fsp3) is 0.429. The second-order valence-electron chi connectivity index (χ2n) is 7.84. The minimum atomic E-state index is -0.805. The third kappa shape index (κ3) is 5.96. The lowest BCUT2D eigenvalue weighted by Gasteiger charge is -2.14. The number of aromatic hydroxyl groups is 1. The third-order valence-electron chi connectivity index (χ3n) is 4.93. The van der Waals surface area contributed by atoms with Crippen LogP contribution in [0.2, 0.25) is 0 Å². The molecule has 0 aliphatic heterocycles. The van der Waals surface area contributed by atoms with E-state index in [-0.39, 0.29) is 35.2 Å². The number of aldehydes is 1. The number of phenolic OH excluding ortho intramolecular Hbond substituents is 1. The normalized spacial score (nSPS) is 17.8. The number of hydrogen-bond donors (Lipinski definition) is 4. The van der Waals surface area contributed by atoms with Gasteiger partial charge < -0.3 is 25.2 Å². The second-order valence-corrected chi connectivity index (χ2v) is 7.84.